The summed E-state index contributed by atoms with van der Waals surface area (Å²) in [6.45, 7) is 1.72. The lowest BCUT2D eigenvalue weighted by atomic mass is 10.0. The number of benzene rings is 4. The molecule has 2 unspecified atom stereocenters. The van der Waals surface area contributed by atoms with Gasteiger partial charge in [0.1, 0.15) is 36.9 Å². The average Bonchev–Trinajstić information content (AvgIpc) is 3.06. The lowest BCUT2D eigenvalue weighted by Crippen LogP contribution is -2.42. The van der Waals surface area contributed by atoms with Crippen LogP contribution in [0.2, 0.25) is 0 Å². The third kappa shape index (κ3) is 9.87. The minimum Gasteiger partial charge on any atom is -0.491 e. The number of rotatable bonds is 17. The Morgan fingerprint density at radius 2 is 0.977 bits per heavy atom. The molecular formula is C35H38N2O6. The van der Waals surface area contributed by atoms with Crippen molar-refractivity contribution in [2.24, 2.45) is 5.73 Å². The van der Waals surface area contributed by atoms with Gasteiger partial charge in [0.2, 0.25) is 0 Å². The molecule has 8 nitrogen and oxygen atoms in total. The minimum atomic E-state index is -0.814. The van der Waals surface area contributed by atoms with Gasteiger partial charge < -0.3 is 25.4 Å². The predicted molar refractivity (Wildman–Crippen MR) is 166 cm³/mol. The highest BCUT2D eigenvalue weighted by Crippen LogP contribution is 2.17. The van der Waals surface area contributed by atoms with E-state index in [9.17, 15) is 19.8 Å². The monoisotopic (exact) mass is 582 g/mol. The van der Waals surface area contributed by atoms with Gasteiger partial charge in [-0.25, -0.2) is 0 Å². The number of hydrogen-bond donors (Lipinski definition) is 3. The second-order valence-corrected chi connectivity index (χ2v) is 10.3. The molecule has 0 aromatic heterocycles. The normalized spacial score (nSPS) is 12.5. The fourth-order valence-corrected chi connectivity index (χ4v) is 4.58. The van der Waals surface area contributed by atoms with Crippen LogP contribution in [0.3, 0.4) is 0 Å². The highest BCUT2D eigenvalue weighted by Gasteiger charge is 2.17. The van der Waals surface area contributed by atoms with E-state index < -0.39 is 12.2 Å². The first kappa shape index (κ1) is 31.6. The van der Waals surface area contributed by atoms with Crippen molar-refractivity contribution in [1.29, 1.82) is 0 Å². The Morgan fingerprint density at radius 1 is 0.605 bits per heavy atom. The Kier molecular flexibility index (Phi) is 12.0. The van der Waals surface area contributed by atoms with Crippen LogP contribution >= 0.6 is 0 Å². The summed E-state index contributed by atoms with van der Waals surface area (Å²) < 4.78 is 11.5. The van der Waals surface area contributed by atoms with Crippen LogP contribution in [0.15, 0.2) is 109 Å². The van der Waals surface area contributed by atoms with Crippen LogP contribution in [0.4, 0.5) is 0 Å². The molecule has 0 bridgehead atoms. The molecule has 0 radical (unpaired) electrons. The van der Waals surface area contributed by atoms with E-state index >= 15 is 0 Å². The van der Waals surface area contributed by atoms with Gasteiger partial charge in [-0.2, -0.15) is 0 Å². The first-order valence-corrected chi connectivity index (χ1v) is 14.4. The first-order chi connectivity index (χ1) is 20.9. The van der Waals surface area contributed by atoms with Crippen molar-refractivity contribution in [1.82, 2.24) is 4.90 Å². The summed E-state index contributed by atoms with van der Waals surface area (Å²) in [4.78, 5) is 27.1. The summed E-state index contributed by atoms with van der Waals surface area (Å²) in [7, 11) is 0. The van der Waals surface area contributed by atoms with Crippen LogP contribution in [0.1, 0.15) is 38.3 Å². The van der Waals surface area contributed by atoms with Crippen LogP contribution in [0.25, 0.3) is 0 Å². The van der Waals surface area contributed by atoms with Crippen molar-refractivity contribution < 1.29 is 29.3 Å². The maximum absolute atomic E-state index is 12.6. The summed E-state index contributed by atoms with van der Waals surface area (Å²) in [6, 6.07) is 31.8. The highest BCUT2D eigenvalue weighted by molar-refractivity contribution is 6.09. The number of hydrogen-bond acceptors (Lipinski definition) is 8. The number of nitrogens with zero attached hydrogens (tertiary/aromatic N) is 1. The van der Waals surface area contributed by atoms with Gasteiger partial charge in [0.15, 0.2) is 11.6 Å². The number of aliphatic hydroxyl groups excluding tert-OH is 2. The van der Waals surface area contributed by atoms with Crippen LogP contribution in [0, 0.1) is 0 Å². The Bertz CT molecular complexity index is 1310. The smallest absolute Gasteiger partial charge is 0.193 e. The van der Waals surface area contributed by atoms with E-state index in [1.165, 1.54) is 0 Å². The zero-order valence-corrected chi connectivity index (χ0v) is 24.0. The van der Waals surface area contributed by atoms with Crippen LogP contribution in [0.5, 0.6) is 11.5 Å². The Balaban J connectivity index is 1.22. The molecule has 0 spiro atoms. The Hall–Kier alpha value is -4.34. The van der Waals surface area contributed by atoms with E-state index in [0.29, 0.717) is 53.3 Å². The molecule has 8 heteroatoms. The van der Waals surface area contributed by atoms with Crippen molar-refractivity contribution in [3.63, 3.8) is 0 Å². The van der Waals surface area contributed by atoms with Gasteiger partial charge in [-0.15, -0.1) is 0 Å². The third-order valence-electron chi connectivity index (χ3n) is 6.81. The van der Waals surface area contributed by atoms with Gasteiger partial charge in [0.25, 0.3) is 0 Å². The standard InChI is InChI=1S/C35H38N2O6/c36-20-7-21-37(22-30(38)24-42-32-16-12-28(13-17-32)34(40)26-8-3-1-4-9-26)23-31(39)25-43-33-18-14-29(15-19-33)35(41)27-10-5-2-6-11-27/h1-6,8-19,30-31,38-39H,7,20-25,36H2. The molecule has 4 rings (SSSR count). The second-order valence-electron chi connectivity index (χ2n) is 10.3. The van der Waals surface area contributed by atoms with Gasteiger partial charge in [-0.05, 0) is 68.0 Å². The summed E-state index contributed by atoms with van der Waals surface area (Å²) in [5, 5.41) is 21.3. The number of aliphatic hydroxyl groups is 2. The minimum absolute atomic E-state index is 0.0474. The molecule has 2 atom stereocenters. The summed E-state index contributed by atoms with van der Waals surface area (Å²) in [5.41, 5.74) is 8.04. The Morgan fingerprint density at radius 3 is 1.35 bits per heavy atom. The zero-order chi connectivity index (χ0) is 30.4. The van der Waals surface area contributed by atoms with E-state index in [-0.39, 0.29) is 37.9 Å². The second kappa shape index (κ2) is 16.3. The molecule has 0 heterocycles. The van der Waals surface area contributed by atoms with Crippen molar-refractivity contribution in [2.45, 2.75) is 18.6 Å². The molecule has 43 heavy (non-hydrogen) atoms. The Labute approximate surface area is 252 Å². The van der Waals surface area contributed by atoms with Crippen molar-refractivity contribution in [2.75, 3.05) is 39.4 Å². The molecule has 0 aliphatic heterocycles. The first-order valence-electron chi connectivity index (χ1n) is 14.4. The molecule has 4 N–H and O–H groups in total. The fourth-order valence-electron chi connectivity index (χ4n) is 4.58. The van der Waals surface area contributed by atoms with E-state index in [1.54, 1.807) is 72.8 Å². The molecule has 0 aliphatic carbocycles. The molecule has 0 fully saturated rings. The van der Waals surface area contributed by atoms with Crippen molar-refractivity contribution >= 4 is 11.6 Å². The number of carbonyl (C=O) groups is 2. The molecule has 0 saturated heterocycles. The summed E-state index contributed by atoms with van der Waals surface area (Å²) in [6.07, 6.45) is -0.924. The lowest BCUT2D eigenvalue weighted by molar-refractivity contribution is 0.0311. The molecule has 4 aromatic carbocycles. The molecular weight excluding hydrogens is 544 g/mol. The SMILES string of the molecule is NCCCN(CC(O)COc1ccc(C(=O)c2ccccc2)cc1)CC(O)COc1ccc(C(=O)c2ccccc2)cc1. The maximum Gasteiger partial charge on any atom is 0.193 e. The average molecular weight is 583 g/mol. The van der Waals surface area contributed by atoms with Crippen LogP contribution < -0.4 is 15.2 Å². The molecule has 0 saturated carbocycles. The lowest BCUT2D eigenvalue weighted by Gasteiger charge is -2.27. The topological polar surface area (TPSA) is 122 Å². The largest absolute Gasteiger partial charge is 0.491 e. The number of ether oxygens (including phenoxy) is 2. The number of ketones is 2. The van der Waals surface area contributed by atoms with Gasteiger partial charge in [-0.1, -0.05) is 60.7 Å². The van der Waals surface area contributed by atoms with Crippen LogP contribution in [-0.4, -0.2) is 78.3 Å². The fraction of sp³-hybridized carbons (Fsp3) is 0.257. The summed E-state index contributed by atoms with van der Waals surface area (Å²) >= 11 is 0. The van der Waals surface area contributed by atoms with Crippen molar-refractivity contribution in [3.05, 3.63) is 131 Å². The van der Waals surface area contributed by atoms with Crippen LogP contribution in [-0.2, 0) is 0 Å². The van der Waals surface area contributed by atoms with E-state index in [2.05, 4.69) is 0 Å². The maximum atomic E-state index is 12.6. The zero-order valence-electron chi connectivity index (χ0n) is 24.0. The van der Waals surface area contributed by atoms with Gasteiger partial charge in [0, 0.05) is 35.3 Å². The third-order valence-corrected chi connectivity index (χ3v) is 6.81. The number of carbonyl (C=O) groups excluding carboxylic acids is 2. The van der Waals surface area contributed by atoms with E-state index in [1.807, 2.05) is 41.3 Å². The predicted octanol–water partition coefficient (Wildman–Crippen LogP) is 3.98. The summed E-state index contributed by atoms with van der Waals surface area (Å²) in [5.74, 6) is 0.949. The quantitative estimate of drug-likeness (QED) is 0.160. The number of nitrogens with two attached hydrogens (primary N) is 1. The van der Waals surface area contributed by atoms with Gasteiger partial charge in [-0.3, -0.25) is 14.5 Å². The van der Waals surface area contributed by atoms with Gasteiger partial charge >= 0.3 is 0 Å². The van der Waals surface area contributed by atoms with E-state index in [0.717, 1.165) is 0 Å². The molecule has 224 valence electrons. The molecule has 0 amide bonds. The van der Waals surface area contributed by atoms with Crippen molar-refractivity contribution in [3.8, 4) is 11.5 Å². The van der Waals surface area contributed by atoms with Gasteiger partial charge in [0.05, 0.1) is 0 Å². The van der Waals surface area contributed by atoms with E-state index in [4.69, 9.17) is 15.2 Å². The molecule has 0 aliphatic rings. The molecule has 4 aromatic rings. The highest BCUT2D eigenvalue weighted by atomic mass is 16.5.